The van der Waals surface area contributed by atoms with Crippen molar-refractivity contribution < 1.29 is 14.3 Å². The second-order valence-electron chi connectivity index (χ2n) is 5.09. The lowest BCUT2D eigenvalue weighted by Gasteiger charge is -2.26. The number of carbonyl (C=O) groups is 2. The highest BCUT2D eigenvalue weighted by atomic mass is 16.5. The van der Waals surface area contributed by atoms with Crippen LogP contribution in [-0.4, -0.2) is 46.3 Å². The van der Waals surface area contributed by atoms with E-state index in [9.17, 15) is 9.59 Å². The first-order valence-corrected chi connectivity index (χ1v) is 7.27. The van der Waals surface area contributed by atoms with E-state index in [1.807, 2.05) is 30.3 Å². The number of amides is 2. The van der Waals surface area contributed by atoms with E-state index in [2.05, 4.69) is 15.3 Å². The van der Waals surface area contributed by atoms with Crippen LogP contribution in [0.25, 0.3) is 0 Å². The molecule has 1 aromatic carbocycles. The van der Waals surface area contributed by atoms with Gasteiger partial charge in [0.05, 0.1) is 6.54 Å². The monoisotopic (exact) mass is 312 g/mol. The molecule has 2 amide bonds. The summed E-state index contributed by atoms with van der Waals surface area (Å²) in [4.78, 5) is 33.2. The number of benzene rings is 1. The first kappa shape index (κ1) is 15.0. The predicted octanol–water partition coefficient (Wildman–Crippen LogP) is 0.628. The van der Waals surface area contributed by atoms with Crippen molar-refractivity contribution in [1.82, 2.24) is 20.2 Å². The fourth-order valence-electron chi connectivity index (χ4n) is 2.24. The molecule has 2 heterocycles. The third kappa shape index (κ3) is 3.82. The van der Waals surface area contributed by atoms with Crippen LogP contribution in [0.1, 0.15) is 16.1 Å². The first-order valence-electron chi connectivity index (χ1n) is 7.27. The summed E-state index contributed by atoms with van der Waals surface area (Å²) in [5.41, 5.74) is 1.23. The van der Waals surface area contributed by atoms with Gasteiger partial charge in [0, 0.05) is 19.2 Å². The molecule has 0 saturated carbocycles. The predicted molar refractivity (Wildman–Crippen MR) is 81.7 cm³/mol. The number of ether oxygens (including phenoxy) is 1. The highest BCUT2D eigenvalue weighted by Gasteiger charge is 2.23. The molecule has 0 atom stereocenters. The Labute approximate surface area is 133 Å². The highest BCUT2D eigenvalue weighted by molar-refractivity contribution is 5.95. The van der Waals surface area contributed by atoms with E-state index in [1.54, 1.807) is 0 Å². The van der Waals surface area contributed by atoms with Crippen LogP contribution < -0.4 is 10.1 Å². The SMILES string of the molecule is O=C1CN(C(=O)c2cc(OCc3ccccc3)ncn2)CCN1. The van der Waals surface area contributed by atoms with Gasteiger partial charge >= 0.3 is 0 Å². The van der Waals surface area contributed by atoms with E-state index in [0.717, 1.165) is 5.56 Å². The van der Waals surface area contributed by atoms with Gasteiger partial charge in [-0.2, -0.15) is 0 Å². The molecular formula is C16H16N4O3. The average molecular weight is 312 g/mol. The van der Waals surface area contributed by atoms with E-state index in [-0.39, 0.29) is 24.1 Å². The quantitative estimate of drug-likeness (QED) is 0.895. The number of nitrogens with one attached hydrogen (secondary N) is 1. The van der Waals surface area contributed by atoms with Crippen molar-refractivity contribution in [3.63, 3.8) is 0 Å². The van der Waals surface area contributed by atoms with E-state index >= 15 is 0 Å². The molecule has 1 aliphatic heterocycles. The van der Waals surface area contributed by atoms with Gasteiger partial charge in [0.1, 0.15) is 18.6 Å². The lowest BCUT2D eigenvalue weighted by atomic mass is 10.2. The Morgan fingerprint density at radius 2 is 2.09 bits per heavy atom. The number of piperazine rings is 1. The van der Waals surface area contributed by atoms with E-state index in [1.165, 1.54) is 17.3 Å². The summed E-state index contributed by atoms with van der Waals surface area (Å²) in [6, 6.07) is 11.2. The Morgan fingerprint density at radius 1 is 1.26 bits per heavy atom. The fourth-order valence-corrected chi connectivity index (χ4v) is 2.24. The summed E-state index contributed by atoms with van der Waals surface area (Å²) in [6.45, 7) is 1.32. The molecule has 1 N–H and O–H groups in total. The maximum absolute atomic E-state index is 12.4. The average Bonchev–Trinajstić information content (AvgIpc) is 2.60. The zero-order valence-corrected chi connectivity index (χ0v) is 12.4. The number of carbonyl (C=O) groups excluding carboxylic acids is 2. The van der Waals surface area contributed by atoms with Crippen LogP contribution in [-0.2, 0) is 11.4 Å². The lowest BCUT2D eigenvalue weighted by molar-refractivity contribution is -0.123. The molecule has 0 bridgehead atoms. The van der Waals surface area contributed by atoms with Gasteiger partial charge in [0.15, 0.2) is 0 Å². The normalized spacial score (nSPS) is 14.3. The summed E-state index contributed by atoms with van der Waals surface area (Å²) >= 11 is 0. The van der Waals surface area contributed by atoms with Crippen LogP contribution in [0.15, 0.2) is 42.7 Å². The molecule has 1 fully saturated rings. The minimum atomic E-state index is -0.299. The maximum Gasteiger partial charge on any atom is 0.273 e. The minimum Gasteiger partial charge on any atom is -0.473 e. The van der Waals surface area contributed by atoms with Gasteiger partial charge in [0.2, 0.25) is 11.8 Å². The van der Waals surface area contributed by atoms with E-state index in [4.69, 9.17) is 4.74 Å². The molecule has 0 radical (unpaired) electrons. The number of hydrogen-bond donors (Lipinski definition) is 1. The largest absolute Gasteiger partial charge is 0.473 e. The second kappa shape index (κ2) is 6.87. The molecule has 2 aromatic rings. The molecule has 7 heteroatoms. The summed E-state index contributed by atoms with van der Waals surface area (Å²) in [5, 5.41) is 2.68. The number of nitrogens with zero attached hydrogens (tertiary/aromatic N) is 3. The van der Waals surface area contributed by atoms with Crippen LogP contribution >= 0.6 is 0 Å². The Bertz CT molecular complexity index is 705. The Balaban J connectivity index is 1.67. The van der Waals surface area contributed by atoms with Gasteiger partial charge in [-0.15, -0.1) is 0 Å². The second-order valence-corrected chi connectivity index (χ2v) is 5.09. The third-order valence-electron chi connectivity index (χ3n) is 3.42. The summed E-state index contributed by atoms with van der Waals surface area (Å²) in [6.07, 6.45) is 1.29. The summed E-state index contributed by atoms with van der Waals surface area (Å²) in [7, 11) is 0. The lowest BCUT2D eigenvalue weighted by Crippen LogP contribution is -2.50. The summed E-state index contributed by atoms with van der Waals surface area (Å²) < 4.78 is 5.59. The van der Waals surface area contributed by atoms with Crippen molar-refractivity contribution in [2.75, 3.05) is 19.6 Å². The highest BCUT2D eigenvalue weighted by Crippen LogP contribution is 2.12. The minimum absolute atomic E-state index is 0.0447. The third-order valence-corrected chi connectivity index (χ3v) is 3.42. The Morgan fingerprint density at radius 3 is 2.87 bits per heavy atom. The van der Waals surface area contributed by atoms with Gasteiger partial charge in [-0.05, 0) is 5.56 Å². The van der Waals surface area contributed by atoms with E-state index in [0.29, 0.717) is 25.6 Å². The van der Waals surface area contributed by atoms with Crippen molar-refractivity contribution in [3.8, 4) is 5.88 Å². The zero-order valence-electron chi connectivity index (χ0n) is 12.4. The molecule has 1 saturated heterocycles. The smallest absolute Gasteiger partial charge is 0.273 e. The van der Waals surface area contributed by atoms with Crippen molar-refractivity contribution in [1.29, 1.82) is 0 Å². The molecule has 0 aliphatic carbocycles. The fraction of sp³-hybridized carbons (Fsp3) is 0.250. The first-order chi connectivity index (χ1) is 11.2. The van der Waals surface area contributed by atoms with Gasteiger partial charge in [0.25, 0.3) is 5.91 Å². The molecule has 7 nitrogen and oxygen atoms in total. The number of hydrogen-bond acceptors (Lipinski definition) is 5. The zero-order chi connectivity index (χ0) is 16.1. The van der Waals surface area contributed by atoms with Crippen LogP contribution in [0.2, 0.25) is 0 Å². The molecule has 0 spiro atoms. The van der Waals surface area contributed by atoms with Crippen LogP contribution in [0, 0.1) is 0 Å². The van der Waals surface area contributed by atoms with Crippen LogP contribution in [0.5, 0.6) is 5.88 Å². The molecule has 23 heavy (non-hydrogen) atoms. The van der Waals surface area contributed by atoms with Gasteiger partial charge in [-0.3, -0.25) is 9.59 Å². The van der Waals surface area contributed by atoms with Gasteiger partial charge in [-0.25, -0.2) is 9.97 Å². The Hall–Kier alpha value is -2.96. The van der Waals surface area contributed by atoms with Crippen LogP contribution in [0.4, 0.5) is 0 Å². The van der Waals surface area contributed by atoms with Crippen LogP contribution in [0.3, 0.4) is 0 Å². The topological polar surface area (TPSA) is 84.4 Å². The van der Waals surface area contributed by atoms with Gasteiger partial charge < -0.3 is 15.0 Å². The molecule has 1 aliphatic rings. The standard InChI is InChI=1S/C16H16N4O3/c21-14-9-20(7-6-17-14)16(22)13-8-15(19-11-18-13)23-10-12-4-2-1-3-5-12/h1-5,8,11H,6-7,9-10H2,(H,17,21). The molecule has 1 aromatic heterocycles. The number of rotatable bonds is 4. The van der Waals surface area contributed by atoms with Crippen molar-refractivity contribution in [2.24, 2.45) is 0 Å². The van der Waals surface area contributed by atoms with Crippen molar-refractivity contribution >= 4 is 11.8 Å². The van der Waals surface area contributed by atoms with Crippen molar-refractivity contribution in [3.05, 3.63) is 54.0 Å². The Kier molecular flexibility index (Phi) is 4.46. The van der Waals surface area contributed by atoms with E-state index < -0.39 is 0 Å². The maximum atomic E-state index is 12.4. The summed E-state index contributed by atoms with van der Waals surface area (Å²) in [5.74, 6) is -0.139. The number of aromatic nitrogens is 2. The molecule has 3 rings (SSSR count). The molecule has 0 unspecified atom stereocenters. The molecule has 118 valence electrons. The molecular weight excluding hydrogens is 296 g/mol. The van der Waals surface area contributed by atoms with Gasteiger partial charge in [-0.1, -0.05) is 30.3 Å². The van der Waals surface area contributed by atoms with Crippen molar-refractivity contribution in [2.45, 2.75) is 6.61 Å².